The zero-order chi connectivity index (χ0) is 10.6. The van der Waals surface area contributed by atoms with Crippen LogP contribution in [0.4, 0.5) is 5.69 Å². The average molecular weight is 213 g/mol. The Balaban J connectivity index is 2.92. The van der Waals surface area contributed by atoms with Crippen molar-refractivity contribution in [2.45, 2.75) is 13.8 Å². The zero-order valence-corrected chi connectivity index (χ0v) is 9.51. The van der Waals surface area contributed by atoms with Crippen molar-refractivity contribution >= 4 is 17.3 Å². The zero-order valence-electron chi connectivity index (χ0n) is 8.76. The predicted molar refractivity (Wildman–Crippen MR) is 63.1 cm³/mol. The molecule has 78 valence electrons. The third kappa shape index (κ3) is 2.63. The molecule has 0 unspecified atom stereocenters. The van der Waals surface area contributed by atoms with Crippen LogP contribution in [0.1, 0.15) is 12.5 Å². The van der Waals surface area contributed by atoms with Gasteiger partial charge in [0.25, 0.3) is 0 Å². The van der Waals surface area contributed by atoms with Crippen molar-refractivity contribution in [2.24, 2.45) is 5.73 Å². The van der Waals surface area contributed by atoms with Crippen LogP contribution >= 0.6 is 11.6 Å². The summed E-state index contributed by atoms with van der Waals surface area (Å²) in [4.78, 5) is 2.18. The molecular formula is C11H17ClN2. The molecule has 0 aliphatic heterocycles. The Morgan fingerprint density at radius 2 is 2.14 bits per heavy atom. The summed E-state index contributed by atoms with van der Waals surface area (Å²) in [6.07, 6.45) is 0. The molecule has 0 spiro atoms. The monoisotopic (exact) mass is 212 g/mol. The molecule has 0 fully saturated rings. The van der Waals surface area contributed by atoms with Crippen molar-refractivity contribution in [3.63, 3.8) is 0 Å². The Hall–Kier alpha value is -0.730. The number of hydrogen-bond donors (Lipinski definition) is 1. The van der Waals surface area contributed by atoms with Gasteiger partial charge < -0.3 is 10.6 Å². The molecule has 0 saturated carbocycles. The standard InChI is InChI=1S/C11H17ClN2/c1-3-14(7-6-13)11-5-4-9(2)8-10(11)12/h4-5,8H,3,6-7,13H2,1-2H3. The Morgan fingerprint density at radius 1 is 1.43 bits per heavy atom. The van der Waals surface area contributed by atoms with Gasteiger partial charge in [-0.25, -0.2) is 0 Å². The number of halogens is 1. The van der Waals surface area contributed by atoms with E-state index in [1.165, 1.54) is 5.56 Å². The fourth-order valence-corrected chi connectivity index (χ4v) is 1.83. The lowest BCUT2D eigenvalue weighted by atomic mass is 10.2. The van der Waals surface area contributed by atoms with E-state index in [0.717, 1.165) is 23.8 Å². The van der Waals surface area contributed by atoms with E-state index in [9.17, 15) is 0 Å². The molecule has 0 bridgehead atoms. The van der Waals surface area contributed by atoms with Crippen molar-refractivity contribution in [1.29, 1.82) is 0 Å². The smallest absolute Gasteiger partial charge is 0.0642 e. The first kappa shape index (κ1) is 11.3. The highest BCUT2D eigenvalue weighted by molar-refractivity contribution is 6.33. The number of rotatable bonds is 4. The number of aryl methyl sites for hydroxylation is 1. The number of anilines is 1. The van der Waals surface area contributed by atoms with Gasteiger partial charge in [0.1, 0.15) is 0 Å². The third-order valence-corrected chi connectivity index (χ3v) is 2.53. The van der Waals surface area contributed by atoms with E-state index in [2.05, 4.69) is 24.0 Å². The third-order valence-electron chi connectivity index (χ3n) is 2.22. The number of likely N-dealkylation sites (N-methyl/N-ethyl adjacent to an activating group) is 1. The van der Waals surface area contributed by atoms with E-state index >= 15 is 0 Å². The van der Waals surface area contributed by atoms with E-state index in [1.54, 1.807) is 0 Å². The molecule has 1 aromatic rings. The lowest BCUT2D eigenvalue weighted by molar-refractivity contribution is 0.817. The van der Waals surface area contributed by atoms with Gasteiger partial charge in [-0.2, -0.15) is 0 Å². The second kappa shape index (κ2) is 5.23. The molecule has 0 heterocycles. The minimum Gasteiger partial charge on any atom is -0.369 e. The van der Waals surface area contributed by atoms with Crippen LogP contribution in [0.3, 0.4) is 0 Å². The van der Waals surface area contributed by atoms with Crippen LogP contribution < -0.4 is 10.6 Å². The van der Waals surface area contributed by atoms with Crippen molar-refractivity contribution in [3.8, 4) is 0 Å². The summed E-state index contributed by atoms with van der Waals surface area (Å²) in [6, 6.07) is 6.10. The van der Waals surface area contributed by atoms with Gasteiger partial charge in [0, 0.05) is 19.6 Å². The molecule has 0 saturated heterocycles. The lowest BCUT2D eigenvalue weighted by Gasteiger charge is -2.23. The molecule has 0 radical (unpaired) electrons. The molecule has 1 rings (SSSR count). The highest BCUT2D eigenvalue weighted by Crippen LogP contribution is 2.26. The summed E-state index contributed by atoms with van der Waals surface area (Å²) in [5.74, 6) is 0. The SMILES string of the molecule is CCN(CCN)c1ccc(C)cc1Cl. The van der Waals surface area contributed by atoms with Crippen LogP contribution in [0.5, 0.6) is 0 Å². The van der Waals surface area contributed by atoms with E-state index in [0.29, 0.717) is 6.54 Å². The highest BCUT2D eigenvalue weighted by Gasteiger charge is 2.07. The van der Waals surface area contributed by atoms with E-state index < -0.39 is 0 Å². The number of nitrogens with two attached hydrogens (primary N) is 1. The molecule has 0 atom stereocenters. The summed E-state index contributed by atoms with van der Waals surface area (Å²) >= 11 is 6.16. The van der Waals surface area contributed by atoms with Crippen LogP contribution in [0, 0.1) is 6.92 Å². The Morgan fingerprint density at radius 3 is 2.64 bits per heavy atom. The normalized spacial score (nSPS) is 10.3. The fraction of sp³-hybridized carbons (Fsp3) is 0.455. The molecule has 0 aliphatic carbocycles. The van der Waals surface area contributed by atoms with Gasteiger partial charge in [-0.15, -0.1) is 0 Å². The van der Waals surface area contributed by atoms with Crippen LogP contribution in [-0.2, 0) is 0 Å². The number of hydrogen-bond acceptors (Lipinski definition) is 2. The molecule has 0 aliphatic rings. The van der Waals surface area contributed by atoms with Gasteiger partial charge in [-0.1, -0.05) is 17.7 Å². The highest BCUT2D eigenvalue weighted by atomic mass is 35.5. The second-order valence-corrected chi connectivity index (χ2v) is 3.73. The van der Waals surface area contributed by atoms with E-state index in [4.69, 9.17) is 17.3 Å². The second-order valence-electron chi connectivity index (χ2n) is 3.32. The minimum absolute atomic E-state index is 0.651. The first-order valence-corrected chi connectivity index (χ1v) is 5.28. The Bertz CT molecular complexity index is 299. The van der Waals surface area contributed by atoms with Crippen molar-refractivity contribution in [1.82, 2.24) is 0 Å². The molecule has 2 N–H and O–H groups in total. The van der Waals surface area contributed by atoms with Gasteiger partial charge in [0.2, 0.25) is 0 Å². The molecule has 3 heteroatoms. The van der Waals surface area contributed by atoms with Crippen molar-refractivity contribution in [3.05, 3.63) is 28.8 Å². The Labute approximate surface area is 90.7 Å². The number of benzene rings is 1. The van der Waals surface area contributed by atoms with Gasteiger partial charge in [0.05, 0.1) is 10.7 Å². The molecule has 14 heavy (non-hydrogen) atoms. The maximum absolute atomic E-state index is 6.16. The number of nitrogens with zero attached hydrogens (tertiary/aromatic N) is 1. The Kier molecular flexibility index (Phi) is 4.23. The summed E-state index contributed by atoms with van der Waals surface area (Å²) < 4.78 is 0. The van der Waals surface area contributed by atoms with Gasteiger partial charge >= 0.3 is 0 Å². The summed E-state index contributed by atoms with van der Waals surface area (Å²) in [5.41, 5.74) is 7.79. The molecule has 0 amide bonds. The first-order chi connectivity index (χ1) is 6.69. The molecule has 1 aromatic carbocycles. The lowest BCUT2D eigenvalue weighted by Crippen LogP contribution is -2.29. The maximum atomic E-state index is 6.16. The molecule has 2 nitrogen and oxygen atoms in total. The quantitative estimate of drug-likeness (QED) is 0.831. The van der Waals surface area contributed by atoms with Gasteiger partial charge in [-0.3, -0.25) is 0 Å². The summed E-state index contributed by atoms with van der Waals surface area (Å²) in [6.45, 7) is 6.57. The van der Waals surface area contributed by atoms with Crippen molar-refractivity contribution in [2.75, 3.05) is 24.5 Å². The maximum Gasteiger partial charge on any atom is 0.0642 e. The fourth-order valence-electron chi connectivity index (χ4n) is 1.47. The summed E-state index contributed by atoms with van der Waals surface area (Å²) in [7, 11) is 0. The minimum atomic E-state index is 0.651. The first-order valence-electron chi connectivity index (χ1n) is 4.90. The average Bonchev–Trinajstić information content (AvgIpc) is 2.15. The largest absolute Gasteiger partial charge is 0.369 e. The van der Waals surface area contributed by atoms with Gasteiger partial charge in [-0.05, 0) is 31.5 Å². The van der Waals surface area contributed by atoms with E-state index in [1.807, 2.05) is 13.0 Å². The van der Waals surface area contributed by atoms with Crippen LogP contribution in [-0.4, -0.2) is 19.6 Å². The molecule has 0 aromatic heterocycles. The van der Waals surface area contributed by atoms with Crippen LogP contribution in [0.15, 0.2) is 18.2 Å². The van der Waals surface area contributed by atoms with Crippen LogP contribution in [0.25, 0.3) is 0 Å². The molecular weight excluding hydrogens is 196 g/mol. The van der Waals surface area contributed by atoms with Crippen molar-refractivity contribution < 1.29 is 0 Å². The van der Waals surface area contributed by atoms with Gasteiger partial charge in [0.15, 0.2) is 0 Å². The predicted octanol–water partition coefficient (Wildman–Crippen LogP) is 2.43. The van der Waals surface area contributed by atoms with E-state index in [-0.39, 0.29) is 0 Å². The summed E-state index contributed by atoms with van der Waals surface area (Å²) in [5, 5.41) is 0.806. The topological polar surface area (TPSA) is 29.3 Å². The van der Waals surface area contributed by atoms with Crippen LogP contribution in [0.2, 0.25) is 5.02 Å².